The molecule has 2 nitrogen and oxygen atoms in total. The van der Waals surface area contributed by atoms with Crippen LogP contribution in [0.4, 0.5) is 0 Å². The van der Waals surface area contributed by atoms with Crippen molar-refractivity contribution in [2.75, 3.05) is 6.61 Å². The third kappa shape index (κ3) is 1.84. The zero-order valence-electron chi connectivity index (χ0n) is 8.02. The monoisotopic (exact) mass is 222 g/mol. The third-order valence-corrected chi connectivity index (χ3v) is 2.85. The molecule has 2 aromatic carbocycles. The Balaban J connectivity index is 2.65. The quantitative estimate of drug-likeness (QED) is 0.820. The van der Waals surface area contributed by atoms with Gasteiger partial charge < -0.3 is 10.2 Å². The van der Waals surface area contributed by atoms with Crippen molar-refractivity contribution in [3.05, 3.63) is 47.0 Å². The molecular weight excluding hydrogens is 212 g/mol. The Morgan fingerprint density at radius 3 is 2.60 bits per heavy atom. The minimum Gasteiger partial charge on any atom is -0.393 e. The first-order valence-electron chi connectivity index (χ1n) is 4.70. The largest absolute Gasteiger partial charge is 0.393 e. The number of hydrogen-bond donors (Lipinski definition) is 2. The molecule has 0 saturated heterocycles. The highest BCUT2D eigenvalue weighted by Gasteiger charge is 2.12. The minimum atomic E-state index is -0.915. The van der Waals surface area contributed by atoms with Crippen LogP contribution in [0.1, 0.15) is 11.7 Å². The summed E-state index contributed by atoms with van der Waals surface area (Å²) in [7, 11) is 0. The van der Waals surface area contributed by atoms with Gasteiger partial charge >= 0.3 is 0 Å². The van der Waals surface area contributed by atoms with E-state index in [4.69, 9.17) is 16.7 Å². The third-order valence-electron chi connectivity index (χ3n) is 2.43. The summed E-state index contributed by atoms with van der Waals surface area (Å²) in [5.74, 6) is 0. The minimum absolute atomic E-state index is 0.321. The Kier molecular flexibility index (Phi) is 2.91. The molecular formula is C12H11ClO2. The van der Waals surface area contributed by atoms with Crippen molar-refractivity contribution in [3.8, 4) is 0 Å². The maximum atomic E-state index is 9.54. The molecule has 2 N–H and O–H groups in total. The Labute approximate surface area is 92.7 Å². The van der Waals surface area contributed by atoms with Crippen LogP contribution in [-0.4, -0.2) is 16.8 Å². The van der Waals surface area contributed by atoms with E-state index in [2.05, 4.69) is 0 Å². The zero-order chi connectivity index (χ0) is 10.8. The maximum Gasteiger partial charge on any atom is 0.103 e. The van der Waals surface area contributed by atoms with Crippen LogP contribution in [0.25, 0.3) is 10.8 Å². The first-order valence-corrected chi connectivity index (χ1v) is 5.08. The Morgan fingerprint density at radius 2 is 1.87 bits per heavy atom. The summed E-state index contributed by atoms with van der Waals surface area (Å²) in [5, 5.41) is 20.8. The van der Waals surface area contributed by atoms with Crippen LogP contribution in [0.5, 0.6) is 0 Å². The molecule has 2 rings (SSSR count). The molecule has 1 atom stereocenters. The number of aliphatic hydroxyl groups is 2. The second kappa shape index (κ2) is 4.19. The lowest BCUT2D eigenvalue weighted by molar-refractivity contribution is 0.0958. The van der Waals surface area contributed by atoms with Gasteiger partial charge in [0.2, 0.25) is 0 Å². The molecule has 0 aliphatic heterocycles. The molecule has 0 aliphatic carbocycles. The summed E-state index contributed by atoms with van der Waals surface area (Å²) >= 11 is 6.14. The average Bonchev–Trinajstić information content (AvgIpc) is 2.29. The van der Waals surface area contributed by atoms with Crippen LogP contribution < -0.4 is 0 Å². The molecule has 0 amide bonds. The van der Waals surface area contributed by atoms with Crippen molar-refractivity contribution >= 4 is 22.4 Å². The van der Waals surface area contributed by atoms with E-state index in [1.54, 1.807) is 6.07 Å². The van der Waals surface area contributed by atoms with Crippen molar-refractivity contribution in [2.45, 2.75) is 6.10 Å². The molecule has 3 heteroatoms. The zero-order valence-corrected chi connectivity index (χ0v) is 8.78. The van der Waals surface area contributed by atoms with Crippen LogP contribution in [0.2, 0.25) is 5.02 Å². The molecule has 0 bridgehead atoms. The first kappa shape index (κ1) is 10.4. The first-order chi connectivity index (χ1) is 7.24. The van der Waals surface area contributed by atoms with Crippen molar-refractivity contribution < 1.29 is 10.2 Å². The van der Waals surface area contributed by atoms with Gasteiger partial charge in [-0.25, -0.2) is 0 Å². The molecule has 0 saturated carbocycles. The van der Waals surface area contributed by atoms with Crippen LogP contribution >= 0.6 is 11.6 Å². The Hall–Kier alpha value is -1.09. The highest BCUT2D eigenvalue weighted by molar-refractivity contribution is 6.36. The molecule has 15 heavy (non-hydrogen) atoms. The molecule has 78 valence electrons. The highest BCUT2D eigenvalue weighted by atomic mass is 35.5. The van der Waals surface area contributed by atoms with Gasteiger partial charge in [-0.15, -0.1) is 0 Å². The predicted molar refractivity (Wildman–Crippen MR) is 61.0 cm³/mol. The highest BCUT2D eigenvalue weighted by Crippen LogP contribution is 2.30. The van der Waals surface area contributed by atoms with Gasteiger partial charge in [-0.05, 0) is 5.39 Å². The van der Waals surface area contributed by atoms with Gasteiger partial charge in [-0.2, -0.15) is 0 Å². The number of halogens is 1. The lowest BCUT2D eigenvalue weighted by Crippen LogP contribution is -2.03. The summed E-state index contributed by atoms with van der Waals surface area (Å²) in [6, 6.07) is 11.3. The van der Waals surface area contributed by atoms with Gasteiger partial charge in [0.1, 0.15) is 6.10 Å². The van der Waals surface area contributed by atoms with Crippen molar-refractivity contribution in [3.63, 3.8) is 0 Å². The summed E-state index contributed by atoms with van der Waals surface area (Å²) in [5.41, 5.74) is 0.567. The fraction of sp³-hybridized carbons (Fsp3) is 0.167. The number of rotatable bonds is 2. The van der Waals surface area contributed by atoms with Crippen LogP contribution in [0, 0.1) is 0 Å². The number of fused-ring (bicyclic) bond motifs is 1. The van der Waals surface area contributed by atoms with Crippen LogP contribution in [-0.2, 0) is 0 Å². The molecule has 0 heterocycles. The molecule has 0 fully saturated rings. The van der Waals surface area contributed by atoms with E-state index < -0.39 is 6.10 Å². The lowest BCUT2D eigenvalue weighted by Gasteiger charge is -2.11. The number of hydrogen-bond acceptors (Lipinski definition) is 2. The molecule has 0 spiro atoms. The van der Waals surface area contributed by atoms with Crippen LogP contribution in [0.3, 0.4) is 0 Å². The Morgan fingerprint density at radius 1 is 1.13 bits per heavy atom. The second-order valence-corrected chi connectivity index (χ2v) is 3.77. The van der Waals surface area contributed by atoms with Crippen molar-refractivity contribution in [2.24, 2.45) is 0 Å². The van der Waals surface area contributed by atoms with Gasteiger partial charge in [0, 0.05) is 10.9 Å². The maximum absolute atomic E-state index is 9.54. The fourth-order valence-electron chi connectivity index (χ4n) is 1.61. The number of benzene rings is 2. The summed E-state index contributed by atoms with van der Waals surface area (Å²) in [6.45, 7) is -0.321. The van der Waals surface area contributed by atoms with E-state index in [1.165, 1.54) is 0 Å². The molecule has 0 aliphatic rings. The summed E-state index contributed by atoms with van der Waals surface area (Å²) in [4.78, 5) is 0. The van der Waals surface area contributed by atoms with E-state index in [0.29, 0.717) is 10.6 Å². The van der Waals surface area contributed by atoms with E-state index in [9.17, 15) is 5.11 Å². The normalized spacial score (nSPS) is 13.0. The van der Waals surface area contributed by atoms with E-state index in [-0.39, 0.29) is 6.61 Å². The van der Waals surface area contributed by atoms with E-state index in [0.717, 1.165) is 10.8 Å². The van der Waals surface area contributed by atoms with Gasteiger partial charge in [0.15, 0.2) is 0 Å². The molecule has 0 radical (unpaired) electrons. The van der Waals surface area contributed by atoms with E-state index in [1.807, 2.05) is 30.3 Å². The van der Waals surface area contributed by atoms with E-state index >= 15 is 0 Å². The molecule has 1 unspecified atom stereocenters. The molecule has 0 aromatic heterocycles. The topological polar surface area (TPSA) is 40.5 Å². The molecule has 2 aromatic rings. The SMILES string of the molecule is OCC(O)c1ccc2ccccc2c1Cl. The second-order valence-electron chi connectivity index (χ2n) is 3.39. The van der Waals surface area contributed by atoms with Gasteiger partial charge in [0.25, 0.3) is 0 Å². The summed E-state index contributed by atoms with van der Waals surface area (Å²) < 4.78 is 0. The smallest absolute Gasteiger partial charge is 0.103 e. The standard InChI is InChI=1S/C12H11ClO2/c13-12-9-4-2-1-3-8(9)5-6-10(12)11(15)7-14/h1-6,11,14-15H,7H2. The van der Waals surface area contributed by atoms with Gasteiger partial charge in [0.05, 0.1) is 11.6 Å². The average molecular weight is 223 g/mol. The predicted octanol–water partition coefficient (Wildman–Crippen LogP) is 2.52. The number of aliphatic hydroxyl groups excluding tert-OH is 2. The van der Waals surface area contributed by atoms with Gasteiger partial charge in [-0.3, -0.25) is 0 Å². The lowest BCUT2D eigenvalue weighted by atomic mass is 10.0. The summed E-state index contributed by atoms with van der Waals surface area (Å²) in [6.07, 6.45) is -0.915. The van der Waals surface area contributed by atoms with Crippen molar-refractivity contribution in [1.29, 1.82) is 0 Å². The Bertz CT molecular complexity index is 482. The van der Waals surface area contributed by atoms with Gasteiger partial charge in [-0.1, -0.05) is 48.0 Å². The van der Waals surface area contributed by atoms with Crippen molar-refractivity contribution in [1.82, 2.24) is 0 Å². The van der Waals surface area contributed by atoms with Crippen LogP contribution in [0.15, 0.2) is 36.4 Å². The fourth-order valence-corrected chi connectivity index (χ4v) is 1.97.